The molecule has 1 amide bonds. The highest BCUT2D eigenvalue weighted by atomic mass is 32.2. The summed E-state index contributed by atoms with van der Waals surface area (Å²) in [5.41, 5.74) is 3.21. The SMILES string of the molecule is Cc1ccc(S(=O)(=O)N(CC(=O)NCCN2CCOCC2)c2cc(C)ccc2C)cc1. The summed E-state index contributed by atoms with van der Waals surface area (Å²) in [4.78, 5) is 15.1. The molecular formula is C23H31N3O4S. The van der Waals surface area contributed by atoms with Gasteiger partial charge in [-0.15, -0.1) is 0 Å². The lowest BCUT2D eigenvalue weighted by Crippen LogP contribution is -2.45. The van der Waals surface area contributed by atoms with Crippen molar-refractivity contribution in [2.24, 2.45) is 0 Å². The average Bonchev–Trinajstić information content (AvgIpc) is 2.75. The first-order valence-corrected chi connectivity index (χ1v) is 11.9. The van der Waals surface area contributed by atoms with Gasteiger partial charge in [0.25, 0.3) is 10.0 Å². The molecule has 0 saturated carbocycles. The van der Waals surface area contributed by atoms with Crippen LogP contribution in [0.25, 0.3) is 0 Å². The smallest absolute Gasteiger partial charge is 0.264 e. The van der Waals surface area contributed by atoms with Crippen LogP contribution in [0, 0.1) is 20.8 Å². The van der Waals surface area contributed by atoms with E-state index in [0.717, 1.165) is 29.8 Å². The third-order valence-electron chi connectivity index (χ3n) is 5.38. The Morgan fingerprint density at radius 3 is 2.35 bits per heavy atom. The summed E-state index contributed by atoms with van der Waals surface area (Å²) in [5.74, 6) is -0.329. The third kappa shape index (κ3) is 6.06. The van der Waals surface area contributed by atoms with Crippen LogP contribution in [0.2, 0.25) is 0 Å². The van der Waals surface area contributed by atoms with Crippen LogP contribution in [0.15, 0.2) is 47.4 Å². The zero-order valence-corrected chi connectivity index (χ0v) is 19.2. The molecular weight excluding hydrogens is 414 g/mol. The molecule has 0 aromatic heterocycles. The molecule has 0 spiro atoms. The Labute approximate surface area is 185 Å². The van der Waals surface area contributed by atoms with E-state index in [0.29, 0.717) is 32.0 Å². The number of anilines is 1. The normalized spacial score (nSPS) is 14.9. The predicted molar refractivity (Wildman–Crippen MR) is 122 cm³/mol. The molecule has 2 aromatic rings. The Hall–Kier alpha value is -2.42. The van der Waals surface area contributed by atoms with Crippen LogP contribution in [-0.2, 0) is 19.6 Å². The van der Waals surface area contributed by atoms with Crippen molar-refractivity contribution in [3.63, 3.8) is 0 Å². The predicted octanol–water partition coefficient (Wildman–Crippen LogP) is 2.26. The monoisotopic (exact) mass is 445 g/mol. The van der Waals surface area contributed by atoms with Gasteiger partial charge in [-0.3, -0.25) is 14.0 Å². The van der Waals surface area contributed by atoms with E-state index < -0.39 is 10.0 Å². The van der Waals surface area contributed by atoms with Crippen molar-refractivity contribution >= 4 is 21.6 Å². The number of aryl methyl sites for hydroxylation is 3. The summed E-state index contributed by atoms with van der Waals surface area (Å²) in [5, 5.41) is 2.87. The van der Waals surface area contributed by atoms with Crippen molar-refractivity contribution in [1.82, 2.24) is 10.2 Å². The summed E-state index contributed by atoms with van der Waals surface area (Å²) in [6.07, 6.45) is 0. The molecule has 1 saturated heterocycles. The van der Waals surface area contributed by atoms with Crippen molar-refractivity contribution in [2.45, 2.75) is 25.7 Å². The largest absolute Gasteiger partial charge is 0.379 e. The molecule has 1 heterocycles. The molecule has 0 aliphatic carbocycles. The van der Waals surface area contributed by atoms with Crippen molar-refractivity contribution in [3.05, 3.63) is 59.2 Å². The Bertz CT molecular complexity index is 1000. The first-order chi connectivity index (χ1) is 14.8. The Balaban J connectivity index is 1.79. The van der Waals surface area contributed by atoms with E-state index in [9.17, 15) is 13.2 Å². The number of carbonyl (C=O) groups excluding carboxylic acids is 1. The van der Waals surface area contributed by atoms with Gasteiger partial charge in [-0.05, 0) is 50.1 Å². The van der Waals surface area contributed by atoms with Crippen molar-refractivity contribution in [2.75, 3.05) is 50.2 Å². The average molecular weight is 446 g/mol. The van der Waals surface area contributed by atoms with Crippen LogP contribution >= 0.6 is 0 Å². The second-order valence-electron chi connectivity index (χ2n) is 7.92. The molecule has 0 radical (unpaired) electrons. The fourth-order valence-corrected chi connectivity index (χ4v) is 4.97. The van der Waals surface area contributed by atoms with E-state index in [1.807, 2.05) is 39.0 Å². The Morgan fingerprint density at radius 2 is 1.68 bits per heavy atom. The van der Waals surface area contributed by atoms with Crippen molar-refractivity contribution < 1.29 is 17.9 Å². The number of rotatable bonds is 8. The number of hydrogen-bond acceptors (Lipinski definition) is 5. The molecule has 1 aliphatic rings. The van der Waals surface area contributed by atoms with Crippen LogP contribution in [-0.4, -0.2) is 65.2 Å². The number of benzene rings is 2. The summed E-state index contributed by atoms with van der Waals surface area (Å²) >= 11 is 0. The number of nitrogens with one attached hydrogen (secondary N) is 1. The number of morpholine rings is 1. The molecule has 1 aliphatic heterocycles. The molecule has 31 heavy (non-hydrogen) atoms. The first-order valence-electron chi connectivity index (χ1n) is 10.5. The molecule has 0 bridgehead atoms. The van der Waals surface area contributed by atoms with E-state index in [4.69, 9.17) is 4.74 Å². The lowest BCUT2D eigenvalue weighted by atomic mass is 10.1. The minimum absolute atomic E-state index is 0.167. The Morgan fingerprint density at radius 1 is 1.03 bits per heavy atom. The second-order valence-corrected chi connectivity index (χ2v) is 9.78. The summed E-state index contributed by atoms with van der Waals surface area (Å²) < 4.78 is 33.5. The lowest BCUT2D eigenvalue weighted by molar-refractivity contribution is -0.119. The van der Waals surface area contributed by atoms with Gasteiger partial charge in [0, 0.05) is 26.2 Å². The number of nitrogens with zero attached hydrogens (tertiary/aromatic N) is 2. The highest BCUT2D eigenvalue weighted by Crippen LogP contribution is 2.28. The van der Waals surface area contributed by atoms with E-state index in [-0.39, 0.29) is 17.3 Å². The highest BCUT2D eigenvalue weighted by Gasteiger charge is 2.28. The summed E-state index contributed by atoms with van der Waals surface area (Å²) in [6.45, 7) is 9.63. The number of ether oxygens (including phenoxy) is 1. The number of sulfonamides is 1. The molecule has 168 valence electrons. The fraction of sp³-hybridized carbons (Fsp3) is 0.435. The molecule has 8 heteroatoms. The van der Waals surface area contributed by atoms with Gasteiger partial charge < -0.3 is 10.1 Å². The Kier molecular flexibility index (Phi) is 7.69. The van der Waals surface area contributed by atoms with E-state index in [1.54, 1.807) is 24.3 Å². The second kappa shape index (κ2) is 10.3. The summed E-state index contributed by atoms with van der Waals surface area (Å²) in [7, 11) is -3.91. The standard InChI is InChI=1S/C23H31N3O4S/c1-18-5-8-21(9-6-18)31(28,29)26(22-16-19(2)4-7-20(22)3)17-23(27)24-10-11-25-12-14-30-15-13-25/h4-9,16H,10-15,17H2,1-3H3,(H,24,27). The lowest BCUT2D eigenvalue weighted by Gasteiger charge is -2.28. The number of amides is 1. The summed E-state index contributed by atoms with van der Waals surface area (Å²) in [6, 6.07) is 12.3. The van der Waals surface area contributed by atoms with E-state index >= 15 is 0 Å². The van der Waals surface area contributed by atoms with Crippen LogP contribution in [0.5, 0.6) is 0 Å². The molecule has 0 unspecified atom stereocenters. The zero-order chi connectivity index (χ0) is 22.4. The van der Waals surface area contributed by atoms with Crippen LogP contribution in [0.3, 0.4) is 0 Å². The molecule has 7 nitrogen and oxygen atoms in total. The molecule has 2 aromatic carbocycles. The van der Waals surface area contributed by atoms with E-state index in [1.165, 1.54) is 4.31 Å². The van der Waals surface area contributed by atoms with Crippen LogP contribution < -0.4 is 9.62 Å². The minimum atomic E-state index is -3.91. The number of carbonyl (C=O) groups is 1. The van der Waals surface area contributed by atoms with Gasteiger partial charge in [-0.25, -0.2) is 8.42 Å². The van der Waals surface area contributed by atoms with Crippen LogP contribution in [0.4, 0.5) is 5.69 Å². The first kappa shape index (κ1) is 23.2. The molecule has 3 rings (SSSR count). The highest BCUT2D eigenvalue weighted by molar-refractivity contribution is 7.92. The fourth-order valence-electron chi connectivity index (χ4n) is 3.49. The molecule has 1 N–H and O–H groups in total. The zero-order valence-electron chi connectivity index (χ0n) is 18.4. The maximum absolute atomic E-state index is 13.5. The van der Waals surface area contributed by atoms with Gasteiger partial charge in [0.05, 0.1) is 23.8 Å². The molecule has 0 atom stereocenters. The quantitative estimate of drug-likeness (QED) is 0.674. The maximum atomic E-state index is 13.5. The van der Waals surface area contributed by atoms with Gasteiger partial charge in [-0.2, -0.15) is 0 Å². The maximum Gasteiger partial charge on any atom is 0.264 e. The van der Waals surface area contributed by atoms with E-state index in [2.05, 4.69) is 10.2 Å². The third-order valence-corrected chi connectivity index (χ3v) is 7.16. The van der Waals surface area contributed by atoms with Gasteiger partial charge >= 0.3 is 0 Å². The minimum Gasteiger partial charge on any atom is -0.379 e. The van der Waals surface area contributed by atoms with Gasteiger partial charge in [-0.1, -0.05) is 29.8 Å². The number of hydrogen-bond donors (Lipinski definition) is 1. The van der Waals surface area contributed by atoms with Gasteiger partial charge in [0.2, 0.25) is 5.91 Å². The van der Waals surface area contributed by atoms with Crippen molar-refractivity contribution in [1.29, 1.82) is 0 Å². The van der Waals surface area contributed by atoms with Crippen molar-refractivity contribution in [3.8, 4) is 0 Å². The molecule has 1 fully saturated rings. The topological polar surface area (TPSA) is 79.0 Å². The van der Waals surface area contributed by atoms with Gasteiger partial charge in [0.1, 0.15) is 6.54 Å². The van der Waals surface area contributed by atoms with Crippen LogP contribution in [0.1, 0.15) is 16.7 Å². The van der Waals surface area contributed by atoms with Gasteiger partial charge in [0.15, 0.2) is 0 Å².